The summed E-state index contributed by atoms with van der Waals surface area (Å²) in [5.74, 6) is -0.0663. The van der Waals surface area contributed by atoms with E-state index in [0.717, 1.165) is 27.4 Å². The maximum atomic E-state index is 13.1. The Kier molecular flexibility index (Phi) is 5.55. The molecule has 5 rings (SSSR count). The summed E-state index contributed by atoms with van der Waals surface area (Å²) in [4.78, 5) is 16.5. The Bertz CT molecular complexity index is 1260. The van der Waals surface area contributed by atoms with Crippen LogP contribution in [0.15, 0.2) is 89.3 Å². The third kappa shape index (κ3) is 4.12. The van der Waals surface area contributed by atoms with Gasteiger partial charge in [-0.3, -0.25) is 9.69 Å². The van der Waals surface area contributed by atoms with Gasteiger partial charge in [-0.05, 0) is 35.2 Å². The molecule has 0 aliphatic carbocycles. The van der Waals surface area contributed by atoms with Gasteiger partial charge in [0.05, 0.1) is 22.0 Å². The third-order valence-electron chi connectivity index (χ3n) is 4.86. The molecule has 2 aromatic heterocycles. The number of hydrogen-bond acceptors (Lipinski definition) is 5. The first kappa shape index (κ1) is 19.9. The highest BCUT2D eigenvalue weighted by atomic mass is 32.2. The Balaban J connectivity index is 1.50. The molecule has 2 aromatic carbocycles. The SMILES string of the molecule is O=C1C(=Cc2cn(-c3ccccc3)nc2-c2cccs2)SC(=S)N1Cc1ccccc1. The van der Waals surface area contributed by atoms with Crippen LogP contribution in [0.4, 0.5) is 0 Å². The molecule has 0 atom stereocenters. The molecule has 1 amide bonds. The first-order chi connectivity index (χ1) is 15.2. The van der Waals surface area contributed by atoms with Gasteiger partial charge in [0.15, 0.2) is 0 Å². The fraction of sp³-hybridized carbons (Fsp3) is 0.0417. The number of thiophene rings is 1. The van der Waals surface area contributed by atoms with E-state index in [1.165, 1.54) is 11.8 Å². The summed E-state index contributed by atoms with van der Waals surface area (Å²) in [6.07, 6.45) is 3.87. The molecule has 31 heavy (non-hydrogen) atoms. The monoisotopic (exact) mass is 459 g/mol. The van der Waals surface area contributed by atoms with Gasteiger partial charge in [0.1, 0.15) is 10.0 Å². The molecule has 0 unspecified atom stereocenters. The average molecular weight is 460 g/mol. The Morgan fingerprint density at radius 3 is 2.42 bits per heavy atom. The summed E-state index contributed by atoms with van der Waals surface area (Å²) in [6.45, 7) is 0.476. The second-order valence-corrected chi connectivity index (χ2v) is 9.57. The summed E-state index contributed by atoms with van der Waals surface area (Å²) >= 11 is 8.48. The number of thioether (sulfide) groups is 1. The van der Waals surface area contributed by atoms with Crippen molar-refractivity contribution in [2.24, 2.45) is 0 Å². The number of aromatic nitrogens is 2. The topological polar surface area (TPSA) is 38.1 Å². The van der Waals surface area contributed by atoms with E-state index in [1.54, 1.807) is 16.2 Å². The molecule has 1 aliphatic rings. The number of thiocarbonyl (C=S) groups is 1. The zero-order chi connectivity index (χ0) is 21.2. The molecule has 1 saturated heterocycles. The lowest BCUT2D eigenvalue weighted by Crippen LogP contribution is -2.27. The van der Waals surface area contributed by atoms with Crippen LogP contribution in [0.3, 0.4) is 0 Å². The van der Waals surface area contributed by atoms with Gasteiger partial charge in [-0.1, -0.05) is 78.6 Å². The van der Waals surface area contributed by atoms with Crippen LogP contribution < -0.4 is 0 Å². The number of carbonyl (C=O) groups excluding carboxylic acids is 1. The summed E-state index contributed by atoms with van der Waals surface area (Å²) < 4.78 is 2.43. The Hall–Kier alpha value is -3.00. The van der Waals surface area contributed by atoms with Crippen molar-refractivity contribution in [3.8, 4) is 16.3 Å². The van der Waals surface area contributed by atoms with Gasteiger partial charge in [0.2, 0.25) is 0 Å². The third-order valence-corrected chi connectivity index (χ3v) is 7.12. The maximum absolute atomic E-state index is 13.1. The van der Waals surface area contributed by atoms with E-state index in [9.17, 15) is 4.79 Å². The van der Waals surface area contributed by atoms with Crippen LogP contribution in [0.5, 0.6) is 0 Å². The molecule has 1 aliphatic heterocycles. The number of para-hydroxylation sites is 1. The van der Waals surface area contributed by atoms with Crippen molar-refractivity contribution in [2.45, 2.75) is 6.54 Å². The number of nitrogens with zero attached hydrogens (tertiary/aromatic N) is 3. The summed E-state index contributed by atoms with van der Waals surface area (Å²) in [5.41, 5.74) is 3.77. The lowest BCUT2D eigenvalue weighted by Gasteiger charge is -2.14. The molecule has 0 radical (unpaired) electrons. The van der Waals surface area contributed by atoms with E-state index in [2.05, 4.69) is 0 Å². The van der Waals surface area contributed by atoms with E-state index in [-0.39, 0.29) is 5.91 Å². The van der Waals surface area contributed by atoms with Crippen molar-refractivity contribution >= 4 is 51.6 Å². The molecule has 152 valence electrons. The first-order valence-corrected chi connectivity index (χ1v) is 11.8. The lowest BCUT2D eigenvalue weighted by atomic mass is 10.2. The number of benzene rings is 2. The van der Waals surface area contributed by atoms with Gasteiger partial charge >= 0.3 is 0 Å². The minimum Gasteiger partial charge on any atom is -0.288 e. The molecular weight excluding hydrogens is 442 g/mol. The predicted octanol–water partition coefficient (Wildman–Crippen LogP) is 6.00. The second-order valence-electron chi connectivity index (χ2n) is 6.94. The number of rotatable bonds is 5. The smallest absolute Gasteiger partial charge is 0.266 e. The highest BCUT2D eigenvalue weighted by Gasteiger charge is 2.32. The highest BCUT2D eigenvalue weighted by Crippen LogP contribution is 2.36. The fourth-order valence-electron chi connectivity index (χ4n) is 3.35. The van der Waals surface area contributed by atoms with Crippen molar-refractivity contribution in [1.82, 2.24) is 14.7 Å². The molecule has 1 fully saturated rings. The number of carbonyl (C=O) groups is 1. The molecule has 3 heterocycles. The van der Waals surface area contributed by atoms with E-state index < -0.39 is 0 Å². The molecule has 0 bridgehead atoms. The van der Waals surface area contributed by atoms with Gasteiger partial charge in [0, 0.05) is 11.8 Å². The second kappa shape index (κ2) is 8.63. The van der Waals surface area contributed by atoms with Crippen LogP contribution >= 0.6 is 35.3 Å². The Morgan fingerprint density at radius 1 is 0.968 bits per heavy atom. The minimum absolute atomic E-state index is 0.0663. The van der Waals surface area contributed by atoms with E-state index in [1.807, 2.05) is 95.1 Å². The average Bonchev–Trinajstić information content (AvgIpc) is 3.52. The van der Waals surface area contributed by atoms with Gasteiger partial charge in [0.25, 0.3) is 5.91 Å². The van der Waals surface area contributed by atoms with Crippen molar-refractivity contribution < 1.29 is 4.79 Å². The van der Waals surface area contributed by atoms with E-state index in [4.69, 9.17) is 17.3 Å². The van der Waals surface area contributed by atoms with Crippen LogP contribution in [-0.4, -0.2) is 24.9 Å². The molecule has 0 spiro atoms. The molecule has 7 heteroatoms. The van der Waals surface area contributed by atoms with Crippen molar-refractivity contribution in [3.05, 3.63) is 100 Å². The zero-order valence-corrected chi connectivity index (χ0v) is 18.8. The zero-order valence-electron chi connectivity index (χ0n) is 16.3. The maximum Gasteiger partial charge on any atom is 0.266 e. The van der Waals surface area contributed by atoms with Crippen LogP contribution in [-0.2, 0) is 11.3 Å². The Labute approximate surface area is 193 Å². The van der Waals surface area contributed by atoms with Gasteiger partial charge < -0.3 is 0 Å². The molecule has 0 saturated carbocycles. The van der Waals surface area contributed by atoms with Crippen molar-refractivity contribution in [2.75, 3.05) is 0 Å². The Morgan fingerprint density at radius 2 is 1.71 bits per heavy atom. The van der Waals surface area contributed by atoms with E-state index >= 15 is 0 Å². The van der Waals surface area contributed by atoms with Gasteiger partial charge in [-0.25, -0.2) is 4.68 Å². The predicted molar refractivity (Wildman–Crippen MR) is 132 cm³/mol. The van der Waals surface area contributed by atoms with Crippen LogP contribution in [0.1, 0.15) is 11.1 Å². The van der Waals surface area contributed by atoms with Crippen molar-refractivity contribution in [1.29, 1.82) is 0 Å². The molecule has 4 nitrogen and oxygen atoms in total. The normalized spacial score (nSPS) is 15.2. The molecular formula is C24H17N3OS3. The quantitative estimate of drug-likeness (QED) is 0.271. The highest BCUT2D eigenvalue weighted by molar-refractivity contribution is 8.26. The minimum atomic E-state index is -0.0663. The largest absolute Gasteiger partial charge is 0.288 e. The standard InChI is InChI=1S/C24H17N3OS3/c28-23-21(31-24(29)26(23)15-17-8-3-1-4-9-17)14-18-16-27(19-10-5-2-6-11-19)25-22(18)20-12-7-13-30-20/h1-14,16H,15H2. The fourth-order valence-corrected chi connectivity index (χ4v) is 5.33. The van der Waals surface area contributed by atoms with Gasteiger partial charge in [-0.15, -0.1) is 11.3 Å². The molecule has 0 N–H and O–H groups in total. The van der Waals surface area contributed by atoms with E-state index in [0.29, 0.717) is 15.8 Å². The molecule has 4 aromatic rings. The lowest BCUT2D eigenvalue weighted by molar-refractivity contribution is -0.122. The van der Waals surface area contributed by atoms with Gasteiger partial charge in [-0.2, -0.15) is 5.10 Å². The van der Waals surface area contributed by atoms with Crippen LogP contribution in [0.25, 0.3) is 22.3 Å². The number of amides is 1. The summed E-state index contributed by atoms with van der Waals surface area (Å²) in [6, 6.07) is 23.9. The van der Waals surface area contributed by atoms with Crippen molar-refractivity contribution in [3.63, 3.8) is 0 Å². The summed E-state index contributed by atoms with van der Waals surface area (Å²) in [5, 5.41) is 6.84. The van der Waals surface area contributed by atoms with Crippen LogP contribution in [0, 0.1) is 0 Å². The van der Waals surface area contributed by atoms with Crippen LogP contribution in [0.2, 0.25) is 0 Å². The first-order valence-electron chi connectivity index (χ1n) is 9.67. The summed E-state index contributed by atoms with van der Waals surface area (Å²) in [7, 11) is 0. The number of hydrogen-bond donors (Lipinski definition) is 0.